The summed E-state index contributed by atoms with van der Waals surface area (Å²) in [6.07, 6.45) is 1.16. The lowest BCUT2D eigenvalue weighted by atomic mass is 9.97. The Kier molecular flexibility index (Phi) is 9.17. The number of carbonyl (C=O) groups is 1. The van der Waals surface area contributed by atoms with Gasteiger partial charge < -0.3 is 11.1 Å². The van der Waals surface area contributed by atoms with Crippen LogP contribution in [0.15, 0.2) is 24.3 Å². The van der Waals surface area contributed by atoms with E-state index in [1.807, 2.05) is 19.9 Å². The van der Waals surface area contributed by atoms with Crippen molar-refractivity contribution in [3.8, 4) is 0 Å². The van der Waals surface area contributed by atoms with Crippen LogP contribution in [0.2, 0.25) is 0 Å². The number of halogens is 2. The van der Waals surface area contributed by atoms with Crippen molar-refractivity contribution < 1.29 is 9.18 Å². The summed E-state index contributed by atoms with van der Waals surface area (Å²) in [5, 5.41) is 2.87. The highest BCUT2D eigenvalue weighted by Crippen LogP contribution is 2.13. The highest BCUT2D eigenvalue weighted by Gasteiger charge is 2.11. The molecule has 2 atom stereocenters. The molecule has 5 heteroatoms. The van der Waals surface area contributed by atoms with Crippen molar-refractivity contribution in [1.29, 1.82) is 0 Å². The zero-order valence-corrected chi connectivity index (χ0v) is 12.9. The highest BCUT2D eigenvalue weighted by atomic mass is 35.5. The van der Waals surface area contributed by atoms with Crippen molar-refractivity contribution in [1.82, 2.24) is 5.32 Å². The zero-order chi connectivity index (χ0) is 14.3. The summed E-state index contributed by atoms with van der Waals surface area (Å²) in [7, 11) is 0. The molecular formula is C15H24ClFN2O. The topological polar surface area (TPSA) is 55.1 Å². The highest BCUT2D eigenvalue weighted by molar-refractivity contribution is 5.85. The van der Waals surface area contributed by atoms with Gasteiger partial charge in [-0.2, -0.15) is 0 Å². The van der Waals surface area contributed by atoms with Crippen LogP contribution in [0.4, 0.5) is 4.39 Å². The minimum absolute atomic E-state index is 0. The summed E-state index contributed by atoms with van der Waals surface area (Å²) in [6.45, 7) is 5.18. The Balaban J connectivity index is 0.00000361. The fraction of sp³-hybridized carbons (Fsp3) is 0.533. The van der Waals surface area contributed by atoms with Gasteiger partial charge in [0.2, 0.25) is 5.91 Å². The lowest BCUT2D eigenvalue weighted by Gasteiger charge is -2.13. The number of amides is 1. The molecule has 0 fully saturated rings. The monoisotopic (exact) mass is 302 g/mol. The second-order valence-corrected chi connectivity index (χ2v) is 5.29. The number of rotatable bonds is 7. The van der Waals surface area contributed by atoms with E-state index < -0.39 is 0 Å². The third kappa shape index (κ3) is 7.46. The molecule has 1 amide bonds. The van der Waals surface area contributed by atoms with Crippen LogP contribution in [0, 0.1) is 17.7 Å². The van der Waals surface area contributed by atoms with Crippen LogP contribution < -0.4 is 11.1 Å². The molecule has 0 aliphatic heterocycles. The smallest absolute Gasteiger partial charge is 0.220 e. The van der Waals surface area contributed by atoms with E-state index in [4.69, 9.17) is 5.73 Å². The van der Waals surface area contributed by atoms with Crippen LogP contribution in [0.25, 0.3) is 0 Å². The minimum atomic E-state index is -0.231. The second-order valence-electron chi connectivity index (χ2n) is 5.29. The Hall–Kier alpha value is -1.13. The zero-order valence-electron chi connectivity index (χ0n) is 12.1. The molecule has 0 saturated carbocycles. The van der Waals surface area contributed by atoms with E-state index in [1.165, 1.54) is 12.1 Å². The number of hydrogen-bond acceptors (Lipinski definition) is 2. The van der Waals surface area contributed by atoms with Crippen LogP contribution >= 0.6 is 12.4 Å². The summed E-state index contributed by atoms with van der Waals surface area (Å²) < 4.78 is 13.0. The van der Waals surface area contributed by atoms with Gasteiger partial charge in [-0.05, 0) is 42.5 Å². The van der Waals surface area contributed by atoms with E-state index in [9.17, 15) is 9.18 Å². The molecule has 0 radical (unpaired) electrons. The van der Waals surface area contributed by atoms with Gasteiger partial charge in [-0.15, -0.1) is 12.4 Å². The van der Waals surface area contributed by atoms with Gasteiger partial charge >= 0.3 is 0 Å². The molecule has 0 spiro atoms. The molecule has 0 bridgehead atoms. The summed E-state index contributed by atoms with van der Waals surface area (Å²) >= 11 is 0. The van der Waals surface area contributed by atoms with Crippen molar-refractivity contribution in [3.63, 3.8) is 0 Å². The van der Waals surface area contributed by atoms with Crippen molar-refractivity contribution in [3.05, 3.63) is 35.6 Å². The molecule has 114 valence electrons. The summed E-state index contributed by atoms with van der Waals surface area (Å²) in [5.74, 6) is 0.285. The fourth-order valence-corrected chi connectivity index (χ4v) is 1.90. The molecule has 3 N–H and O–H groups in total. The number of hydrogen-bond donors (Lipinski definition) is 2. The van der Waals surface area contributed by atoms with E-state index in [2.05, 4.69) is 5.32 Å². The molecule has 1 aromatic carbocycles. The fourth-order valence-electron chi connectivity index (χ4n) is 1.90. The third-order valence-electron chi connectivity index (χ3n) is 3.06. The van der Waals surface area contributed by atoms with Gasteiger partial charge in [0.15, 0.2) is 0 Å². The molecule has 0 heterocycles. The Bertz CT molecular complexity index is 415. The van der Waals surface area contributed by atoms with Gasteiger partial charge in [0, 0.05) is 13.0 Å². The summed E-state index contributed by atoms with van der Waals surface area (Å²) in [4.78, 5) is 11.7. The normalized spacial score (nSPS) is 13.2. The van der Waals surface area contributed by atoms with Crippen molar-refractivity contribution in [2.45, 2.75) is 26.7 Å². The molecular weight excluding hydrogens is 279 g/mol. The van der Waals surface area contributed by atoms with Crippen molar-refractivity contribution in [2.75, 3.05) is 13.1 Å². The van der Waals surface area contributed by atoms with Crippen LogP contribution in [0.5, 0.6) is 0 Å². The first-order chi connectivity index (χ1) is 9.01. The number of carbonyl (C=O) groups excluding carboxylic acids is 1. The Labute approximate surface area is 126 Å². The Morgan fingerprint density at radius 2 is 2.05 bits per heavy atom. The standard InChI is InChI=1S/C15H23FN2O.ClH/c1-11(6-13-4-3-5-14(16)8-13)7-15(19)18-10-12(2)9-17;/h3-5,8,11-12H,6-7,9-10,17H2,1-2H3,(H,18,19);1H. The molecule has 0 saturated heterocycles. The summed E-state index contributed by atoms with van der Waals surface area (Å²) in [5.41, 5.74) is 6.42. The SMILES string of the molecule is CC(CN)CNC(=O)CC(C)Cc1cccc(F)c1.Cl. The Morgan fingerprint density at radius 1 is 1.35 bits per heavy atom. The quantitative estimate of drug-likeness (QED) is 0.813. The molecule has 3 nitrogen and oxygen atoms in total. The van der Waals surface area contributed by atoms with Crippen LogP contribution in [-0.4, -0.2) is 19.0 Å². The average Bonchev–Trinajstić information content (AvgIpc) is 2.35. The molecule has 1 rings (SSSR count). The van der Waals surface area contributed by atoms with Crippen LogP contribution in [-0.2, 0) is 11.2 Å². The van der Waals surface area contributed by atoms with Gasteiger partial charge in [0.05, 0.1) is 0 Å². The number of benzene rings is 1. The van der Waals surface area contributed by atoms with Crippen LogP contribution in [0.3, 0.4) is 0 Å². The lowest BCUT2D eigenvalue weighted by Crippen LogP contribution is -2.32. The van der Waals surface area contributed by atoms with Gasteiger partial charge in [0.1, 0.15) is 5.82 Å². The molecule has 0 aliphatic rings. The first kappa shape index (κ1) is 18.9. The predicted octanol–water partition coefficient (Wildman–Crippen LogP) is 2.53. The molecule has 0 aliphatic carbocycles. The van der Waals surface area contributed by atoms with E-state index >= 15 is 0 Å². The molecule has 2 unspecified atom stereocenters. The molecule has 20 heavy (non-hydrogen) atoms. The largest absolute Gasteiger partial charge is 0.356 e. The summed E-state index contributed by atoms with van der Waals surface area (Å²) in [6, 6.07) is 6.52. The molecule has 1 aromatic rings. The van der Waals surface area contributed by atoms with E-state index in [-0.39, 0.29) is 30.0 Å². The third-order valence-corrected chi connectivity index (χ3v) is 3.06. The average molecular weight is 303 g/mol. The van der Waals surface area contributed by atoms with E-state index in [0.717, 1.165) is 5.56 Å². The van der Waals surface area contributed by atoms with Crippen LogP contribution in [0.1, 0.15) is 25.8 Å². The van der Waals surface area contributed by atoms with Gasteiger partial charge in [-0.25, -0.2) is 4.39 Å². The van der Waals surface area contributed by atoms with Gasteiger partial charge in [-0.1, -0.05) is 26.0 Å². The number of nitrogens with one attached hydrogen (secondary N) is 1. The lowest BCUT2D eigenvalue weighted by molar-refractivity contribution is -0.122. The first-order valence-corrected chi connectivity index (χ1v) is 6.72. The van der Waals surface area contributed by atoms with Gasteiger partial charge in [0.25, 0.3) is 0 Å². The van der Waals surface area contributed by atoms with Crippen molar-refractivity contribution in [2.24, 2.45) is 17.6 Å². The second kappa shape index (κ2) is 9.72. The maximum atomic E-state index is 13.0. The Morgan fingerprint density at radius 3 is 2.65 bits per heavy atom. The molecule has 0 aromatic heterocycles. The van der Waals surface area contributed by atoms with E-state index in [1.54, 1.807) is 6.07 Å². The number of nitrogens with two attached hydrogens (primary N) is 1. The maximum Gasteiger partial charge on any atom is 0.220 e. The predicted molar refractivity (Wildman–Crippen MR) is 82.4 cm³/mol. The van der Waals surface area contributed by atoms with Gasteiger partial charge in [-0.3, -0.25) is 4.79 Å². The van der Waals surface area contributed by atoms with E-state index in [0.29, 0.717) is 31.8 Å². The maximum absolute atomic E-state index is 13.0. The first-order valence-electron chi connectivity index (χ1n) is 6.72. The van der Waals surface area contributed by atoms with Crippen molar-refractivity contribution >= 4 is 18.3 Å². The minimum Gasteiger partial charge on any atom is -0.356 e.